The minimum Gasteiger partial charge on any atom is -0.364 e. The summed E-state index contributed by atoms with van der Waals surface area (Å²) in [6, 6.07) is 6.63. The van der Waals surface area contributed by atoms with Crippen molar-refractivity contribution in [3.05, 3.63) is 63.8 Å². The Morgan fingerprint density at radius 3 is 2.79 bits per heavy atom. The Morgan fingerprint density at radius 1 is 1.32 bits per heavy atom. The van der Waals surface area contributed by atoms with Gasteiger partial charge < -0.3 is 5.32 Å². The average Bonchev–Trinajstić information content (AvgIpc) is 2.38. The zero-order valence-corrected chi connectivity index (χ0v) is 9.64. The quantitative estimate of drug-likeness (QED) is 0.681. The molecule has 0 fully saturated rings. The lowest BCUT2D eigenvalue weighted by Crippen LogP contribution is -2.04. The monoisotopic (exact) mass is 265 g/mol. The van der Waals surface area contributed by atoms with E-state index in [1.54, 1.807) is 6.07 Å². The Kier molecular flexibility index (Phi) is 3.65. The number of nitrogens with zero attached hydrogens (tertiary/aromatic N) is 2. The van der Waals surface area contributed by atoms with Gasteiger partial charge in [-0.05, 0) is 5.56 Å². The van der Waals surface area contributed by atoms with Gasteiger partial charge in [-0.15, -0.1) is 0 Å². The topological polar surface area (TPSA) is 68.1 Å². The van der Waals surface area contributed by atoms with Crippen LogP contribution in [0.3, 0.4) is 0 Å². The number of nitrogens with one attached hydrogen (secondary N) is 1. The zero-order valence-electron chi connectivity index (χ0n) is 9.64. The first kappa shape index (κ1) is 12.9. The number of non-ortho nitro benzene ring substituents is 1. The number of anilines is 1. The standard InChI is InChI=1S/C12H9F2N3O2/c13-9-5-11(14)12(16-7-9)15-6-8-2-1-3-10(4-8)17(18)19/h1-5,7H,6H2,(H,15,16). The van der Waals surface area contributed by atoms with E-state index in [2.05, 4.69) is 10.3 Å². The molecule has 0 bridgehead atoms. The van der Waals surface area contributed by atoms with Gasteiger partial charge in [-0.25, -0.2) is 13.8 Å². The highest BCUT2D eigenvalue weighted by molar-refractivity contribution is 5.39. The Balaban J connectivity index is 2.10. The van der Waals surface area contributed by atoms with Crippen LogP contribution in [0.5, 0.6) is 0 Å². The number of nitro groups is 1. The molecule has 1 aromatic heterocycles. The molecule has 0 saturated heterocycles. The molecule has 7 heteroatoms. The van der Waals surface area contributed by atoms with Gasteiger partial charge in [-0.1, -0.05) is 12.1 Å². The molecular weight excluding hydrogens is 256 g/mol. The summed E-state index contributed by atoms with van der Waals surface area (Å²) >= 11 is 0. The number of hydrogen-bond acceptors (Lipinski definition) is 4. The Labute approximate surface area is 107 Å². The van der Waals surface area contributed by atoms with E-state index in [0.29, 0.717) is 11.6 Å². The molecule has 2 aromatic rings. The van der Waals surface area contributed by atoms with Crippen LogP contribution in [-0.2, 0) is 6.54 Å². The van der Waals surface area contributed by atoms with Crippen LogP contribution in [0, 0.1) is 21.7 Å². The van der Waals surface area contributed by atoms with Gasteiger partial charge in [0.2, 0.25) is 0 Å². The van der Waals surface area contributed by atoms with E-state index in [0.717, 1.165) is 6.20 Å². The lowest BCUT2D eigenvalue weighted by molar-refractivity contribution is -0.384. The average molecular weight is 265 g/mol. The van der Waals surface area contributed by atoms with Crippen LogP contribution in [0.1, 0.15) is 5.56 Å². The highest BCUT2D eigenvalue weighted by Gasteiger charge is 2.07. The Hall–Kier alpha value is -2.57. The molecule has 0 aliphatic carbocycles. The van der Waals surface area contributed by atoms with Crippen molar-refractivity contribution in [3.63, 3.8) is 0 Å². The van der Waals surface area contributed by atoms with E-state index in [1.165, 1.54) is 18.2 Å². The number of rotatable bonds is 4. The van der Waals surface area contributed by atoms with Crippen LogP contribution in [0.2, 0.25) is 0 Å². The number of pyridine rings is 1. The number of aromatic nitrogens is 1. The second-order valence-electron chi connectivity index (χ2n) is 3.76. The van der Waals surface area contributed by atoms with Gasteiger partial charge in [0, 0.05) is 24.7 Å². The lowest BCUT2D eigenvalue weighted by Gasteiger charge is -2.06. The summed E-state index contributed by atoms with van der Waals surface area (Å²) in [6.07, 6.45) is 0.888. The van der Waals surface area contributed by atoms with E-state index in [-0.39, 0.29) is 18.1 Å². The molecule has 2 rings (SSSR count). The summed E-state index contributed by atoms with van der Waals surface area (Å²) in [5.74, 6) is -1.68. The molecule has 19 heavy (non-hydrogen) atoms. The largest absolute Gasteiger partial charge is 0.364 e. The van der Waals surface area contributed by atoms with Crippen molar-refractivity contribution in [2.75, 3.05) is 5.32 Å². The number of nitro benzene ring substituents is 1. The summed E-state index contributed by atoms with van der Waals surface area (Å²) < 4.78 is 25.9. The maximum atomic E-state index is 13.3. The summed E-state index contributed by atoms with van der Waals surface area (Å²) in [6.45, 7) is 0.150. The van der Waals surface area contributed by atoms with Gasteiger partial charge in [0.05, 0.1) is 11.1 Å². The van der Waals surface area contributed by atoms with E-state index in [1.807, 2.05) is 0 Å². The van der Waals surface area contributed by atoms with Crippen LogP contribution in [0.25, 0.3) is 0 Å². The third kappa shape index (κ3) is 3.21. The minimum absolute atomic E-state index is 0.0492. The van der Waals surface area contributed by atoms with Crippen molar-refractivity contribution in [1.82, 2.24) is 4.98 Å². The van der Waals surface area contributed by atoms with Crippen molar-refractivity contribution < 1.29 is 13.7 Å². The molecule has 5 nitrogen and oxygen atoms in total. The highest BCUT2D eigenvalue weighted by atomic mass is 19.1. The predicted molar refractivity (Wildman–Crippen MR) is 64.6 cm³/mol. The molecule has 0 radical (unpaired) electrons. The maximum absolute atomic E-state index is 13.3. The first-order chi connectivity index (χ1) is 9.06. The predicted octanol–water partition coefficient (Wildman–Crippen LogP) is 2.88. The van der Waals surface area contributed by atoms with Crippen LogP contribution < -0.4 is 5.32 Å². The molecule has 0 spiro atoms. The SMILES string of the molecule is O=[N+]([O-])c1cccc(CNc2ncc(F)cc2F)c1. The van der Waals surface area contributed by atoms with E-state index in [4.69, 9.17) is 0 Å². The Morgan fingerprint density at radius 2 is 2.11 bits per heavy atom. The van der Waals surface area contributed by atoms with Gasteiger partial charge in [-0.2, -0.15) is 0 Å². The number of halogens is 2. The van der Waals surface area contributed by atoms with Crippen molar-refractivity contribution >= 4 is 11.5 Å². The minimum atomic E-state index is -0.814. The molecule has 1 N–H and O–H groups in total. The fourth-order valence-electron chi connectivity index (χ4n) is 1.51. The van der Waals surface area contributed by atoms with Gasteiger partial charge in [0.1, 0.15) is 5.82 Å². The number of benzene rings is 1. The molecule has 0 atom stereocenters. The third-order valence-corrected chi connectivity index (χ3v) is 2.39. The molecule has 0 aliphatic rings. The van der Waals surface area contributed by atoms with Gasteiger partial charge in [-0.3, -0.25) is 10.1 Å². The van der Waals surface area contributed by atoms with Crippen molar-refractivity contribution in [1.29, 1.82) is 0 Å². The van der Waals surface area contributed by atoms with Gasteiger partial charge in [0.25, 0.3) is 5.69 Å². The summed E-state index contributed by atoms with van der Waals surface area (Å²) in [7, 11) is 0. The van der Waals surface area contributed by atoms with Crippen LogP contribution in [0.15, 0.2) is 36.5 Å². The summed E-state index contributed by atoms with van der Waals surface area (Å²) in [4.78, 5) is 13.6. The molecular formula is C12H9F2N3O2. The smallest absolute Gasteiger partial charge is 0.269 e. The third-order valence-electron chi connectivity index (χ3n) is 2.39. The normalized spacial score (nSPS) is 10.2. The van der Waals surface area contributed by atoms with Gasteiger partial charge >= 0.3 is 0 Å². The molecule has 98 valence electrons. The van der Waals surface area contributed by atoms with Crippen LogP contribution >= 0.6 is 0 Å². The molecule has 1 aromatic carbocycles. The zero-order chi connectivity index (χ0) is 13.8. The second kappa shape index (κ2) is 5.38. The summed E-state index contributed by atoms with van der Waals surface area (Å²) in [5.41, 5.74) is 0.548. The fraction of sp³-hybridized carbons (Fsp3) is 0.0833. The number of hydrogen-bond donors (Lipinski definition) is 1. The first-order valence-corrected chi connectivity index (χ1v) is 5.34. The maximum Gasteiger partial charge on any atom is 0.269 e. The second-order valence-corrected chi connectivity index (χ2v) is 3.76. The molecule has 0 aliphatic heterocycles. The fourth-order valence-corrected chi connectivity index (χ4v) is 1.51. The highest BCUT2D eigenvalue weighted by Crippen LogP contribution is 2.16. The van der Waals surface area contributed by atoms with Crippen molar-refractivity contribution in [3.8, 4) is 0 Å². The lowest BCUT2D eigenvalue weighted by atomic mass is 10.2. The molecule has 0 amide bonds. The van der Waals surface area contributed by atoms with E-state index < -0.39 is 16.6 Å². The van der Waals surface area contributed by atoms with Gasteiger partial charge in [0.15, 0.2) is 11.6 Å². The van der Waals surface area contributed by atoms with Crippen LogP contribution in [-0.4, -0.2) is 9.91 Å². The Bertz CT molecular complexity index is 620. The van der Waals surface area contributed by atoms with E-state index >= 15 is 0 Å². The van der Waals surface area contributed by atoms with Crippen molar-refractivity contribution in [2.24, 2.45) is 0 Å². The molecule has 0 saturated carbocycles. The molecule has 0 unspecified atom stereocenters. The van der Waals surface area contributed by atoms with Crippen molar-refractivity contribution in [2.45, 2.75) is 6.54 Å². The summed E-state index contributed by atoms with van der Waals surface area (Å²) in [5, 5.41) is 13.2. The first-order valence-electron chi connectivity index (χ1n) is 5.34. The molecule has 1 heterocycles. The van der Waals surface area contributed by atoms with Crippen LogP contribution in [0.4, 0.5) is 20.3 Å². The van der Waals surface area contributed by atoms with E-state index in [9.17, 15) is 18.9 Å².